The second-order valence-electron chi connectivity index (χ2n) is 7.55. The molecular formula is C21H28N4O2. The lowest BCUT2D eigenvalue weighted by Gasteiger charge is -2.35. The first kappa shape index (κ1) is 19.3. The highest BCUT2D eigenvalue weighted by molar-refractivity contribution is 5.92. The average molecular weight is 368 g/mol. The van der Waals surface area contributed by atoms with Gasteiger partial charge in [0, 0.05) is 30.9 Å². The minimum absolute atomic E-state index is 0.0661. The number of para-hydroxylation sites is 1. The fourth-order valence-electron chi connectivity index (χ4n) is 3.61. The number of nitrogens with zero attached hydrogens (tertiary/aromatic N) is 3. The van der Waals surface area contributed by atoms with E-state index in [0.29, 0.717) is 18.2 Å². The molecule has 0 bridgehead atoms. The lowest BCUT2D eigenvalue weighted by atomic mass is 9.99. The summed E-state index contributed by atoms with van der Waals surface area (Å²) < 4.78 is 1.63. The van der Waals surface area contributed by atoms with Crippen molar-refractivity contribution in [2.24, 2.45) is 5.92 Å². The third-order valence-electron chi connectivity index (χ3n) is 5.19. The van der Waals surface area contributed by atoms with Gasteiger partial charge < -0.3 is 5.32 Å². The number of benzene rings is 1. The standard InChI is InChI=1S/C21H28N4O2/c1-15-8-7-11-24(14-15)17(3)13-22-21(27)20-19(26)12-16(2)25(23-20)18-9-5-4-6-10-18/h4-6,9-10,12,15,17H,7-8,11,13-14H2,1-3H3,(H,22,27)/t15-,17-/m1/s1. The summed E-state index contributed by atoms with van der Waals surface area (Å²) in [6, 6.07) is 11.2. The molecule has 1 amide bonds. The second kappa shape index (κ2) is 8.48. The Kier molecular flexibility index (Phi) is 6.06. The molecule has 0 saturated carbocycles. The topological polar surface area (TPSA) is 67.2 Å². The Labute approximate surface area is 160 Å². The van der Waals surface area contributed by atoms with Gasteiger partial charge in [0.25, 0.3) is 5.91 Å². The number of amides is 1. The fourth-order valence-corrected chi connectivity index (χ4v) is 3.61. The summed E-state index contributed by atoms with van der Waals surface area (Å²) in [5.41, 5.74) is 1.10. The van der Waals surface area contributed by atoms with Gasteiger partial charge in [-0.1, -0.05) is 25.1 Å². The normalized spacial score (nSPS) is 18.9. The number of carbonyl (C=O) groups excluding carboxylic acids is 1. The first-order valence-corrected chi connectivity index (χ1v) is 9.64. The van der Waals surface area contributed by atoms with Crippen LogP contribution in [-0.4, -0.2) is 46.3 Å². The first-order valence-electron chi connectivity index (χ1n) is 9.64. The van der Waals surface area contributed by atoms with E-state index in [-0.39, 0.29) is 17.2 Å². The van der Waals surface area contributed by atoms with Crippen molar-refractivity contribution in [1.82, 2.24) is 20.0 Å². The van der Waals surface area contributed by atoms with Gasteiger partial charge in [-0.05, 0) is 51.3 Å². The Hall–Kier alpha value is -2.47. The van der Waals surface area contributed by atoms with E-state index in [1.54, 1.807) is 4.68 Å². The number of aromatic nitrogens is 2. The summed E-state index contributed by atoms with van der Waals surface area (Å²) in [5.74, 6) is 0.273. The zero-order chi connectivity index (χ0) is 19.4. The number of hydrogen-bond donors (Lipinski definition) is 1. The highest BCUT2D eigenvalue weighted by Crippen LogP contribution is 2.17. The molecule has 6 heteroatoms. The molecule has 2 aromatic rings. The van der Waals surface area contributed by atoms with Crippen molar-refractivity contribution in [2.75, 3.05) is 19.6 Å². The molecule has 3 rings (SSSR count). The number of likely N-dealkylation sites (tertiary alicyclic amines) is 1. The molecule has 2 atom stereocenters. The van der Waals surface area contributed by atoms with E-state index in [1.165, 1.54) is 18.9 Å². The van der Waals surface area contributed by atoms with E-state index in [9.17, 15) is 9.59 Å². The van der Waals surface area contributed by atoms with Gasteiger partial charge in [0.2, 0.25) is 5.43 Å². The summed E-state index contributed by atoms with van der Waals surface area (Å²) in [7, 11) is 0. The molecule has 144 valence electrons. The Bertz CT molecular complexity index is 847. The molecular weight excluding hydrogens is 340 g/mol. The largest absolute Gasteiger partial charge is 0.349 e. The zero-order valence-electron chi connectivity index (χ0n) is 16.3. The van der Waals surface area contributed by atoms with Crippen molar-refractivity contribution in [1.29, 1.82) is 0 Å². The Morgan fingerprint density at radius 2 is 2.07 bits per heavy atom. The maximum Gasteiger partial charge on any atom is 0.275 e. The molecule has 2 heterocycles. The summed E-state index contributed by atoms with van der Waals surface area (Å²) in [4.78, 5) is 27.3. The van der Waals surface area contributed by atoms with E-state index in [4.69, 9.17) is 0 Å². The molecule has 0 radical (unpaired) electrons. The summed E-state index contributed by atoms with van der Waals surface area (Å²) in [6.07, 6.45) is 2.46. The van der Waals surface area contributed by atoms with Crippen LogP contribution in [0.25, 0.3) is 5.69 Å². The van der Waals surface area contributed by atoms with Gasteiger partial charge >= 0.3 is 0 Å². The molecule has 27 heavy (non-hydrogen) atoms. The van der Waals surface area contributed by atoms with Crippen molar-refractivity contribution in [3.63, 3.8) is 0 Å². The second-order valence-corrected chi connectivity index (χ2v) is 7.55. The van der Waals surface area contributed by atoms with Crippen LogP contribution in [0.15, 0.2) is 41.2 Å². The van der Waals surface area contributed by atoms with Crippen LogP contribution in [0.2, 0.25) is 0 Å². The number of carbonyl (C=O) groups is 1. The lowest BCUT2D eigenvalue weighted by Crippen LogP contribution is -2.47. The average Bonchev–Trinajstić information content (AvgIpc) is 2.66. The summed E-state index contributed by atoms with van der Waals surface area (Å²) in [6.45, 7) is 8.81. The van der Waals surface area contributed by atoms with Gasteiger partial charge in [-0.2, -0.15) is 5.10 Å². The quantitative estimate of drug-likeness (QED) is 0.880. The van der Waals surface area contributed by atoms with Gasteiger partial charge in [-0.25, -0.2) is 4.68 Å². The zero-order valence-corrected chi connectivity index (χ0v) is 16.3. The van der Waals surface area contributed by atoms with Crippen molar-refractivity contribution in [3.8, 4) is 5.69 Å². The Morgan fingerprint density at radius 1 is 1.33 bits per heavy atom. The molecule has 1 saturated heterocycles. The third-order valence-corrected chi connectivity index (χ3v) is 5.19. The molecule has 1 aromatic heterocycles. The van der Waals surface area contributed by atoms with E-state index < -0.39 is 5.91 Å². The molecule has 1 N–H and O–H groups in total. The van der Waals surface area contributed by atoms with Gasteiger partial charge in [0.1, 0.15) is 0 Å². The first-order chi connectivity index (χ1) is 13.0. The van der Waals surface area contributed by atoms with Crippen LogP contribution in [0.4, 0.5) is 0 Å². The van der Waals surface area contributed by atoms with Crippen molar-refractivity contribution in [3.05, 3.63) is 58.0 Å². The van der Waals surface area contributed by atoms with E-state index >= 15 is 0 Å². The maximum absolute atomic E-state index is 12.6. The van der Waals surface area contributed by atoms with E-state index in [2.05, 4.69) is 29.2 Å². The van der Waals surface area contributed by atoms with E-state index in [1.807, 2.05) is 37.3 Å². The minimum Gasteiger partial charge on any atom is -0.349 e. The summed E-state index contributed by atoms with van der Waals surface area (Å²) >= 11 is 0. The van der Waals surface area contributed by atoms with Crippen LogP contribution in [0.5, 0.6) is 0 Å². The van der Waals surface area contributed by atoms with Crippen LogP contribution in [-0.2, 0) is 0 Å². The number of rotatable bonds is 5. The lowest BCUT2D eigenvalue weighted by molar-refractivity contribution is 0.0910. The van der Waals surface area contributed by atoms with Gasteiger partial charge in [0.05, 0.1) is 5.69 Å². The predicted octanol–water partition coefficient (Wildman–Crippen LogP) is 2.39. The monoisotopic (exact) mass is 368 g/mol. The van der Waals surface area contributed by atoms with Gasteiger partial charge in [-0.3, -0.25) is 14.5 Å². The van der Waals surface area contributed by atoms with Gasteiger partial charge in [0.15, 0.2) is 5.69 Å². The highest BCUT2D eigenvalue weighted by Gasteiger charge is 2.22. The van der Waals surface area contributed by atoms with Gasteiger partial charge in [-0.15, -0.1) is 0 Å². The Balaban J connectivity index is 1.72. The highest BCUT2D eigenvalue weighted by atomic mass is 16.2. The summed E-state index contributed by atoms with van der Waals surface area (Å²) in [5, 5.41) is 7.22. The fraction of sp³-hybridized carbons (Fsp3) is 0.476. The SMILES string of the molecule is Cc1cc(=O)c(C(=O)NC[C@@H](C)N2CCC[C@@H](C)C2)nn1-c1ccccc1. The molecule has 0 spiro atoms. The molecule has 1 aromatic carbocycles. The number of aryl methyl sites for hydroxylation is 1. The van der Waals surface area contributed by atoms with Crippen molar-refractivity contribution < 1.29 is 4.79 Å². The molecule has 0 aliphatic carbocycles. The molecule has 6 nitrogen and oxygen atoms in total. The van der Waals surface area contributed by atoms with Crippen molar-refractivity contribution in [2.45, 2.75) is 39.7 Å². The number of hydrogen-bond acceptors (Lipinski definition) is 4. The minimum atomic E-state index is -0.415. The van der Waals surface area contributed by atoms with Crippen LogP contribution >= 0.6 is 0 Å². The molecule has 1 fully saturated rings. The van der Waals surface area contributed by atoms with Crippen molar-refractivity contribution >= 4 is 5.91 Å². The molecule has 0 unspecified atom stereocenters. The van der Waals surface area contributed by atoms with E-state index in [0.717, 1.165) is 18.8 Å². The maximum atomic E-state index is 12.6. The third kappa shape index (κ3) is 4.63. The number of piperidine rings is 1. The molecule has 1 aliphatic heterocycles. The Morgan fingerprint density at radius 3 is 2.78 bits per heavy atom. The van der Waals surface area contributed by atoms with Crippen LogP contribution in [0.1, 0.15) is 42.9 Å². The predicted molar refractivity (Wildman–Crippen MR) is 106 cm³/mol. The molecule has 1 aliphatic rings. The van der Waals surface area contributed by atoms with Crippen LogP contribution < -0.4 is 10.7 Å². The van der Waals surface area contributed by atoms with Crippen LogP contribution in [0, 0.1) is 12.8 Å². The smallest absolute Gasteiger partial charge is 0.275 e. The number of nitrogens with one attached hydrogen (secondary N) is 1. The van der Waals surface area contributed by atoms with Crippen LogP contribution in [0.3, 0.4) is 0 Å².